The van der Waals surface area contributed by atoms with E-state index in [9.17, 15) is 9.90 Å². The van der Waals surface area contributed by atoms with Gasteiger partial charge in [0.05, 0.1) is 25.9 Å². The number of carbonyl (C=O) groups is 1. The maximum atomic E-state index is 13.0. The summed E-state index contributed by atoms with van der Waals surface area (Å²) < 4.78 is 16.5. The molecule has 2 aliphatic rings. The maximum absolute atomic E-state index is 13.0. The highest BCUT2D eigenvalue weighted by Crippen LogP contribution is 2.40. The van der Waals surface area contributed by atoms with Gasteiger partial charge in [-0.1, -0.05) is 23.9 Å². The molecule has 6 nitrogen and oxygen atoms in total. The van der Waals surface area contributed by atoms with Gasteiger partial charge < -0.3 is 24.2 Å². The van der Waals surface area contributed by atoms with Crippen LogP contribution in [-0.2, 0) is 11.3 Å². The van der Waals surface area contributed by atoms with Crippen LogP contribution in [-0.4, -0.2) is 39.2 Å². The normalized spacial score (nSPS) is 18.2. The standard InChI is InChI=1S/C22H23NO5/c1-14-11-18(24)17(13-23-7-9-27-10-8-23)22-20(14)21(25)19(28-22)12-15-3-5-16(26-2)6-4-15/h3-6,11-12,24H,7-10,13H2,1-2H3. The number of hydrogen-bond donors (Lipinski definition) is 1. The van der Waals surface area contributed by atoms with E-state index in [1.165, 1.54) is 4.90 Å². The molecule has 0 atom stereocenters. The first-order valence-corrected chi connectivity index (χ1v) is 9.40. The first-order chi connectivity index (χ1) is 13.6. The van der Waals surface area contributed by atoms with Crippen molar-refractivity contribution in [1.29, 1.82) is 0 Å². The Hall–Kier alpha value is -2.83. The van der Waals surface area contributed by atoms with Crippen LogP contribution in [0.15, 0.2) is 36.1 Å². The SMILES string of the molecule is COc1ccc(C=C2Oc3c(C[NH+]4CCOCC4)c([O-])cc(C)c3C2=O)cc1. The van der Waals surface area contributed by atoms with Crippen LogP contribution in [0, 0.1) is 6.92 Å². The molecule has 2 aliphatic heterocycles. The van der Waals surface area contributed by atoms with Crippen LogP contribution in [0.4, 0.5) is 0 Å². The number of ketones is 1. The second-order valence-electron chi connectivity index (χ2n) is 7.13. The molecule has 0 radical (unpaired) electrons. The summed E-state index contributed by atoms with van der Waals surface area (Å²) in [4.78, 5) is 14.2. The van der Waals surface area contributed by atoms with Crippen LogP contribution in [0.25, 0.3) is 6.08 Å². The Morgan fingerprint density at radius 2 is 1.93 bits per heavy atom. The number of quaternary nitrogens is 1. The van der Waals surface area contributed by atoms with Crippen molar-refractivity contribution in [3.63, 3.8) is 0 Å². The molecule has 2 aromatic rings. The highest BCUT2D eigenvalue weighted by atomic mass is 16.5. The van der Waals surface area contributed by atoms with Gasteiger partial charge >= 0.3 is 0 Å². The van der Waals surface area contributed by atoms with Crippen LogP contribution in [0.3, 0.4) is 0 Å². The Kier molecular flexibility index (Phi) is 5.07. The van der Waals surface area contributed by atoms with E-state index in [1.807, 2.05) is 24.3 Å². The monoisotopic (exact) mass is 381 g/mol. The number of carbonyl (C=O) groups excluding carboxylic acids is 1. The van der Waals surface area contributed by atoms with Crippen molar-refractivity contribution in [2.45, 2.75) is 13.5 Å². The van der Waals surface area contributed by atoms with Crippen molar-refractivity contribution in [2.24, 2.45) is 0 Å². The Morgan fingerprint density at radius 3 is 2.61 bits per heavy atom. The number of rotatable bonds is 4. The molecule has 0 amide bonds. The lowest BCUT2D eigenvalue weighted by molar-refractivity contribution is -0.921. The van der Waals surface area contributed by atoms with Gasteiger partial charge in [0.15, 0.2) is 5.76 Å². The lowest BCUT2D eigenvalue weighted by Gasteiger charge is -2.26. The summed E-state index contributed by atoms with van der Waals surface area (Å²) in [5.74, 6) is 1.16. The number of Topliss-reactive ketones (excluding diaryl/α,β-unsaturated/α-hetero) is 1. The Bertz CT molecular complexity index is 927. The van der Waals surface area contributed by atoms with Gasteiger partial charge in [0.2, 0.25) is 5.78 Å². The summed E-state index contributed by atoms with van der Waals surface area (Å²) in [6.45, 7) is 5.35. The van der Waals surface area contributed by atoms with Gasteiger partial charge in [-0.2, -0.15) is 0 Å². The van der Waals surface area contributed by atoms with Crippen LogP contribution < -0.4 is 19.5 Å². The van der Waals surface area contributed by atoms with E-state index in [1.54, 1.807) is 26.2 Å². The van der Waals surface area contributed by atoms with Crippen molar-refractivity contribution in [3.8, 4) is 17.2 Å². The van der Waals surface area contributed by atoms with Crippen molar-refractivity contribution in [2.75, 3.05) is 33.4 Å². The third-order valence-corrected chi connectivity index (χ3v) is 5.24. The summed E-state index contributed by atoms with van der Waals surface area (Å²) in [7, 11) is 1.61. The lowest BCUT2D eigenvalue weighted by atomic mass is 9.99. The number of allylic oxidation sites excluding steroid dienone is 1. The number of fused-ring (bicyclic) bond motifs is 1. The molecule has 0 bridgehead atoms. The molecule has 0 spiro atoms. The molecule has 1 N–H and O–H groups in total. The predicted octanol–water partition coefficient (Wildman–Crippen LogP) is 1.11. The first-order valence-electron chi connectivity index (χ1n) is 9.40. The summed E-state index contributed by atoms with van der Waals surface area (Å²) in [5.41, 5.74) is 2.56. The van der Waals surface area contributed by atoms with Crippen LogP contribution in [0.5, 0.6) is 17.2 Å². The number of methoxy groups -OCH3 is 1. The van der Waals surface area contributed by atoms with Gasteiger partial charge in [0.1, 0.15) is 31.1 Å². The minimum Gasteiger partial charge on any atom is -0.872 e. The molecule has 1 saturated heterocycles. The highest BCUT2D eigenvalue weighted by Gasteiger charge is 2.33. The summed E-state index contributed by atoms with van der Waals surface area (Å²) in [6.07, 6.45) is 1.71. The minimum absolute atomic E-state index is 0.0752. The maximum Gasteiger partial charge on any atom is 0.232 e. The van der Waals surface area contributed by atoms with E-state index in [2.05, 4.69) is 0 Å². The third-order valence-electron chi connectivity index (χ3n) is 5.24. The van der Waals surface area contributed by atoms with Crippen molar-refractivity contribution < 1.29 is 29.0 Å². The Balaban J connectivity index is 1.67. The Labute approximate surface area is 163 Å². The third kappa shape index (κ3) is 3.48. The zero-order valence-corrected chi connectivity index (χ0v) is 16.0. The molecule has 4 rings (SSSR count). The minimum atomic E-state index is -0.179. The molecule has 0 unspecified atom stereocenters. The predicted molar refractivity (Wildman–Crippen MR) is 102 cm³/mol. The van der Waals surface area contributed by atoms with Gasteiger partial charge in [0.25, 0.3) is 0 Å². The molecule has 146 valence electrons. The number of nitrogens with one attached hydrogen (secondary N) is 1. The number of aryl methyl sites for hydroxylation is 1. The number of hydrogen-bond acceptors (Lipinski definition) is 5. The van der Waals surface area contributed by atoms with Gasteiger partial charge in [0, 0.05) is 5.56 Å². The molecule has 28 heavy (non-hydrogen) atoms. The molecule has 6 heteroatoms. The average Bonchev–Trinajstić information content (AvgIpc) is 3.03. The molecule has 0 aliphatic carbocycles. The van der Waals surface area contributed by atoms with Crippen LogP contribution in [0.1, 0.15) is 27.0 Å². The molecule has 0 saturated carbocycles. The Morgan fingerprint density at radius 1 is 1.21 bits per heavy atom. The molecular formula is C22H23NO5. The molecular weight excluding hydrogens is 358 g/mol. The second-order valence-corrected chi connectivity index (χ2v) is 7.13. The number of ether oxygens (including phenoxy) is 3. The van der Waals surface area contributed by atoms with Crippen LogP contribution >= 0.6 is 0 Å². The van der Waals surface area contributed by atoms with E-state index in [-0.39, 0.29) is 17.3 Å². The van der Waals surface area contributed by atoms with Crippen LogP contribution in [0.2, 0.25) is 0 Å². The second kappa shape index (κ2) is 7.66. The average molecular weight is 381 g/mol. The number of morpholine rings is 1. The van der Waals surface area contributed by atoms with Gasteiger partial charge in [-0.3, -0.25) is 4.79 Å². The summed E-state index contributed by atoms with van der Waals surface area (Å²) >= 11 is 0. The summed E-state index contributed by atoms with van der Waals surface area (Å²) in [5, 5.41) is 12.6. The van der Waals surface area contributed by atoms with E-state index in [0.717, 1.165) is 24.4 Å². The van der Waals surface area contributed by atoms with E-state index in [4.69, 9.17) is 14.2 Å². The van der Waals surface area contributed by atoms with Gasteiger partial charge in [-0.05, 0) is 36.3 Å². The topological polar surface area (TPSA) is 72.3 Å². The zero-order chi connectivity index (χ0) is 19.7. The zero-order valence-electron chi connectivity index (χ0n) is 16.0. The number of benzene rings is 2. The van der Waals surface area contributed by atoms with E-state index in [0.29, 0.717) is 42.2 Å². The van der Waals surface area contributed by atoms with E-state index >= 15 is 0 Å². The fourth-order valence-electron chi connectivity index (χ4n) is 3.67. The fourth-order valence-corrected chi connectivity index (χ4v) is 3.67. The first kappa shape index (κ1) is 18.5. The molecule has 2 heterocycles. The largest absolute Gasteiger partial charge is 0.872 e. The molecule has 2 aromatic carbocycles. The lowest BCUT2D eigenvalue weighted by Crippen LogP contribution is -3.12. The van der Waals surface area contributed by atoms with E-state index < -0.39 is 0 Å². The quantitative estimate of drug-likeness (QED) is 0.804. The fraction of sp³-hybridized carbons (Fsp3) is 0.318. The molecule has 0 aromatic heterocycles. The van der Waals surface area contributed by atoms with Crippen molar-refractivity contribution in [3.05, 3.63) is 58.3 Å². The molecule has 1 fully saturated rings. The highest BCUT2D eigenvalue weighted by molar-refractivity contribution is 6.15. The van der Waals surface area contributed by atoms with Crippen molar-refractivity contribution in [1.82, 2.24) is 0 Å². The van der Waals surface area contributed by atoms with Crippen molar-refractivity contribution >= 4 is 11.9 Å². The smallest absolute Gasteiger partial charge is 0.232 e. The van der Waals surface area contributed by atoms with Gasteiger partial charge in [-0.15, -0.1) is 0 Å². The summed E-state index contributed by atoms with van der Waals surface area (Å²) in [6, 6.07) is 8.91. The van der Waals surface area contributed by atoms with Gasteiger partial charge in [-0.25, -0.2) is 0 Å².